The zero-order valence-electron chi connectivity index (χ0n) is 9.58. The van der Waals surface area contributed by atoms with Gasteiger partial charge >= 0.3 is 0 Å². The van der Waals surface area contributed by atoms with Gasteiger partial charge in [0, 0.05) is 12.6 Å². The molecule has 0 bridgehead atoms. The molecular formula is C12H24N2O. The van der Waals surface area contributed by atoms with Gasteiger partial charge in [-0.05, 0) is 44.4 Å². The van der Waals surface area contributed by atoms with Crippen LogP contribution in [0.5, 0.6) is 0 Å². The van der Waals surface area contributed by atoms with Gasteiger partial charge in [0.2, 0.25) is 0 Å². The lowest BCUT2D eigenvalue weighted by atomic mass is 9.93. The van der Waals surface area contributed by atoms with Crippen LogP contribution >= 0.6 is 0 Å². The molecule has 0 amide bonds. The van der Waals surface area contributed by atoms with Crippen LogP contribution in [0.25, 0.3) is 0 Å². The molecule has 0 aromatic rings. The van der Waals surface area contributed by atoms with Crippen LogP contribution in [0.2, 0.25) is 0 Å². The van der Waals surface area contributed by atoms with E-state index < -0.39 is 0 Å². The number of ether oxygens (including phenoxy) is 1. The fourth-order valence-electron chi connectivity index (χ4n) is 3.05. The first-order valence-corrected chi connectivity index (χ1v) is 6.48. The first-order valence-electron chi connectivity index (χ1n) is 6.48. The fraction of sp³-hybridized carbons (Fsp3) is 1.00. The van der Waals surface area contributed by atoms with Crippen molar-refractivity contribution in [2.45, 2.75) is 63.5 Å². The number of hydrogen-bond acceptors (Lipinski definition) is 3. The molecule has 0 aromatic carbocycles. The third-order valence-electron chi connectivity index (χ3n) is 4.01. The Balaban J connectivity index is 1.69. The van der Waals surface area contributed by atoms with E-state index >= 15 is 0 Å². The van der Waals surface area contributed by atoms with Gasteiger partial charge in [-0.2, -0.15) is 0 Å². The summed E-state index contributed by atoms with van der Waals surface area (Å²) in [7, 11) is 0. The predicted molar refractivity (Wildman–Crippen MR) is 61.3 cm³/mol. The Bertz CT molecular complexity index is 174. The molecule has 3 N–H and O–H groups in total. The van der Waals surface area contributed by atoms with Gasteiger partial charge in [-0.15, -0.1) is 0 Å². The van der Waals surface area contributed by atoms with E-state index in [0.29, 0.717) is 12.1 Å². The molecule has 2 rings (SSSR count). The lowest BCUT2D eigenvalue weighted by Gasteiger charge is -2.23. The summed E-state index contributed by atoms with van der Waals surface area (Å²) in [6.07, 6.45) is 10.9. The van der Waals surface area contributed by atoms with E-state index in [0.717, 1.165) is 12.5 Å². The Morgan fingerprint density at radius 3 is 2.60 bits per heavy atom. The zero-order valence-corrected chi connectivity index (χ0v) is 9.58. The molecule has 0 radical (unpaired) electrons. The molecule has 1 aliphatic heterocycles. The monoisotopic (exact) mass is 212 g/mol. The number of nitrogens with two attached hydrogens (primary N) is 1. The van der Waals surface area contributed by atoms with Crippen molar-refractivity contribution in [1.29, 1.82) is 0 Å². The zero-order chi connectivity index (χ0) is 10.5. The molecule has 1 saturated carbocycles. The van der Waals surface area contributed by atoms with Gasteiger partial charge in [0.1, 0.15) is 0 Å². The largest absolute Gasteiger partial charge is 0.378 e. The Labute approximate surface area is 92.7 Å². The Hall–Kier alpha value is -0.120. The molecule has 1 heterocycles. The van der Waals surface area contributed by atoms with Gasteiger partial charge in [-0.25, -0.2) is 0 Å². The molecule has 1 saturated heterocycles. The molecule has 2 unspecified atom stereocenters. The van der Waals surface area contributed by atoms with Crippen molar-refractivity contribution in [2.24, 2.45) is 11.8 Å². The molecule has 3 nitrogen and oxygen atoms in total. The molecule has 1 aliphatic carbocycles. The van der Waals surface area contributed by atoms with Crippen LogP contribution in [-0.4, -0.2) is 18.8 Å². The van der Waals surface area contributed by atoms with Crippen LogP contribution in [0.3, 0.4) is 0 Å². The average molecular weight is 212 g/mol. The Morgan fingerprint density at radius 2 is 2.00 bits per heavy atom. The predicted octanol–water partition coefficient (Wildman–Crippen LogP) is 1.97. The van der Waals surface area contributed by atoms with Crippen LogP contribution in [0.15, 0.2) is 0 Å². The summed E-state index contributed by atoms with van der Waals surface area (Å²) in [6.45, 7) is 0.967. The number of nitrogens with one attached hydrogen (secondary N) is 1. The van der Waals surface area contributed by atoms with Gasteiger partial charge in [-0.3, -0.25) is 11.3 Å². The summed E-state index contributed by atoms with van der Waals surface area (Å²) in [6, 6.07) is 0.525. The highest BCUT2D eigenvalue weighted by atomic mass is 16.5. The Kier molecular flexibility index (Phi) is 4.42. The smallest absolute Gasteiger partial charge is 0.0576 e. The number of rotatable bonds is 5. The van der Waals surface area contributed by atoms with Crippen LogP contribution in [0.1, 0.15) is 51.4 Å². The van der Waals surface area contributed by atoms with Crippen molar-refractivity contribution in [2.75, 3.05) is 6.61 Å². The Morgan fingerprint density at radius 1 is 1.20 bits per heavy atom. The summed E-state index contributed by atoms with van der Waals surface area (Å²) >= 11 is 0. The van der Waals surface area contributed by atoms with Gasteiger partial charge < -0.3 is 4.74 Å². The van der Waals surface area contributed by atoms with E-state index in [9.17, 15) is 0 Å². The summed E-state index contributed by atoms with van der Waals surface area (Å²) in [5.41, 5.74) is 3.01. The van der Waals surface area contributed by atoms with Crippen LogP contribution < -0.4 is 11.3 Å². The van der Waals surface area contributed by atoms with Crippen molar-refractivity contribution >= 4 is 0 Å². The molecule has 3 heteroatoms. The molecular weight excluding hydrogens is 188 g/mol. The fourth-order valence-corrected chi connectivity index (χ4v) is 3.05. The summed E-state index contributed by atoms with van der Waals surface area (Å²) in [4.78, 5) is 0. The highest BCUT2D eigenvalue weighted by molar-refractivity contribution is 4.80. The van der Waals surface area contributed by atoms with E-state index in [-0.39, 0.29) is 0 Å². The lowest BCUT2D eigenvalue weighted by Crippen LogP contribution is -2.40. The van der Waals surface area contributed by atoms with Gasteiger partial charge in [0.05, 0.1) is 6.10 Å². The van der Waals surface area contributed by atoms with Crippen LogP contribution in [-0.2, 0) is 4.74 Å². The molecule has 2 atom stereocenters. The number of hydrogen-bond donors (Lipinski definition) is 2. The first-order chi connectivity index (χ1) is 7.40. The quantitative estimate of drug-likeness (QED) is 0.541. The molecule has 2 aliphatic rings. The third kappa shape index (κ3) is 3.16. The molecule has 15 heavy (non-hydrogen) atoms. The second-order valence-corrected chi connectivity index (χ2v) is 5.03. The minimum atomic E-state index is 0.516. The van der Waals surface area contributed by atoms with Crippen molar-refractivity contribution in [3.63, 3.8) is 0 Å². The van der Waals surface area contributed by atoms with E-state index in [1.54, 1.807) is 0 Å². The standard InChI is InChI=1S/C12H24N2O/c13-14-12(10-4-1-2-5-10)8-7-11-6-3-9-15-11/h10-12,14H,1-9,13H2. The maximum atomic E-state index is 5.65. The van der Waals surface area contributed by atoms with Crippen molar-refractivity contribution < 1.29 is 4.74 Å². The van der Waals surface area contributed by atoms with Crippen LogP contribution in [0, 0.1) is 5.92 Å². The maximum absolute atomic E-state index is 5.65. The summed E-state index contributed by atoms with van der Waals surface area (Å²) < 4.78 is 5.64. The number of hydrazine groups is 1. The van der Waals surface area contributed by atoms with Gasteiger partial charge in [0.15, 0.2) is 0 Å². The van der Waals surface area contributed by atoms with Crippen molar-refractivity contribution in [3.05, 3.63) is 0 Å². The second-order valence-electron chi connectivity index (χ2n) is 5.03. The van der Waals surface area contributed by atoms with E-state index in [1.165, 1.54) is 51.4 Å². The van der Waals surface area contributed by atoms with Gasteiger partial charge in [-0.1, -0.05) is 12.8 Å². The van der Waals surface area contributed by atoms with E-state index in [1.807, 2.05) is 0 Å². The van der Waals surface area contributed by atoms with Crippen molar-refractivity contribution in [1.82, 2.24) is 5.43 Å². The van der Waals surface area contributed by atoms with Gasteiger partial charge in [0.25, 0.3) is 0 Å². The van der Waals surface area contributed by atoms with Crippen molar-refractivity contribution in [3.8, 4) is 0 Å². The normalized spacial score (nSPS) is 29.8. The molecule has 88 valence electrons. The summed E-state index contributed by atoms with van der Waals surface area (Å²) in [5.74, 6) is 6.46. The first kappa shape index (κ1) is 11.4. The highest BCUT2D eigenvalue weighted by Crippen LogP contribution is 2.30. The topological polar surface area (TPSA) is 47.3 Å². The van der Waals surface area contributed by atoms with E-state index in [4.69, 9.17) is 10.6 Å². The molecule has 0 spiro atoms. The maximum Gasteiger partial charge on any atom is 0.0576 e. The molecule has 0 aromatic heterocycles. The average Bonchev–Trinajstić information content (AvgIpc) is 2.90. The van der Waals surface area contributed by atoms with Crippen LogP contribution in [0.4, 0.5) is 0 Å². The SMILES string of the molecule is NNC(CCC1CCCO1)C1CCCC1. The lowest BCUT2D eigenvalue weighted by molar-refractivity contribution is 0.0971. The van der Waals surface area contributed by atoms with E-state index in [2.05, 4.69) is 5.43 Å². The third-order valence-corrected chi connectivity index (χ3v) is 4.01. The minimum absolute atomic E-state index is 0.516. The highest BCUT2D eigenvalue weighted by Gasteiger charge is 2.25. The molecule has 2 fully saturated rings. The summed E-state index contributed by atoms with van der Waals surface area (Å²) in [5, 5.41) is 0. The minimum Gasteiger partial charge on any atom is -0.378 e. The second kappa shape index (κ2) is 5.83.